The van der Waals surface area contributed by atoms with E-state index in [1.54, 1.807) is 11.3 Å². The Morgan fingerprint density at radius 3 is 2.49 bits per heavy atom. The molecule has 3 heterocycles. The van der Waals surface area contributed by atoms with E-state index in [-0.39, 0.29) is 12.4 Å². The fourth-order valence-corrected chi connectivity index (χ4v) is 8.07. The number of thiazole rings is 1. The van der Waals surface area contributed by atoms with Crippen molar-refractivity contribution in [2.24, 2.45) is 12.5 Å². The van der Waals surface area contributed by atoms with Crippen LogP contribution >= 0.6 is 11.3 Å². The number of fused-ring (bicyclic) bond motifs is 2. The number of rotatable bonds is 6. The number of nitrogens with zero attached hydrogens (tertiary/aromatic N) is 4. The molecule has 1 spiro atoms. The molecular weight excluding hydrogens is 528 g/mol. The van der Waals surface area contributed by atoms with Crippen LogP contribution in [0, 0.1) is 19.3 Å². The van der Waals surface area contributed by atoms with Crippen molar-refractivity contribution < 1.29 is 9.53 Å². The van der Waals surface area contributed by atoms with E-state index in [1.807, 2.05) is 18.7 Å². The lowest BCUT2D eigenvalue weighted by Crippen LogP contribution is -2.55. The molecule has 2 fully saturated rings. The topological polar surface area (TPSA) is 60.2 Å². The quantitative estimate of drug-likeness (QED) is 0.199. The predicted molar refractivity (Wildman–Crippen MR) is 168 cm³/mol. The first-order valence-electron chi connectivity index (χ1n) is 14.7. The molecule has 1 aliphatic carbocycles. The average Bonchev–Trinajstić information content (AvgIpc) is 3.66. The summed E-state index contributed by atoms with van der Waals surface area (Å²) in [5, 5.41) is 7.12. The molecule has 210 valence electrons. The van der Waals surface area contributed by atoms with E-state index in [1.165, 1.54) is 36.6 Å². The second kappa shape index (κ2) is 9.98. The molecule has 0 bridgehead atoms. The molecule has 0 amide bonds. The van der Waals surface area contributed by atoms with Crippen LogP contribution in [0.5, 0.6) is 0 Å². The van der Waals surface area contributed by atoms with E-state index in [0.717, 1.165) is 67.5 Å². The van der Waals surface area contributed by atoms with Crippen molar-refractivity contribution in [3.05, 3.63) is 65.2 Å². The molecule has 6 nitrogen and oxygen atoms in total. The highest BCUT2D eigenvalue weighted by Gasteiger charge is 2.45. The number of esters is 1. The SMILES string of the molecule is CCOC(=O)Cc1c(C)cc2nc(-c3ccc4c(c3)c(N3CC5(CCCC5)C3)nn4C)sc2c1-c1ccc(C)cc1. The van der Waals surface area contributed by atoms with Gasteiger partial charge >= 0.3 is 5.97 Å². The second-order valence-corrected chi connectivity index (χ2v) is 13.0. The third-order valence-corrected chi connectivity index (χ3v) is 10.2. The van der Waals surface area contributed by atoms with Gasteiger partial charge in [-0.05, 0) is 74.6 Å². The minimum Gasteiger partial charge on any atom is -0.466 e. The summed E-state index contributed by atoms with van der Waals surface area (Å²) < 4.78 is 8.46. The van der Waals surface area contributed by atoms with Crippen LogP contribution in [-0.4, -0.2) is 40.4 Å². The highest BCUT2D eigenvalue weighted by atomic mass is 32.1. The third kappa shape index (κ3) is 4.51. The van der Waals surface area contributed by atoms with Gasteiger partial charge in [-0.15, -0.1) is 11.3 Å². The largest absolute Gasteiger partial charge is 0.466 e. The van der Waals surface area contributed by atoms with Crippen LogP contribution < -0.4 is 4.90 Å². The van der Waals surface area contributed by atoms with Crippen LogP contribution in [0.2, 0.25) is 0 Å². The first-order chi connectivity index (χ1) is 19.8. The lowest BCUT2D eigenvalue weighted by molar-refractivity contribution is -0.142. The molecule has 0 radical (unpaired) electrons. The molecule has 1 saturated carbocycles. The number of ether oxygens (including phenoxy) is 1. The van der Waals surface area contributed by atoms with Gasteiger partial charge in [0.15, 0.2) is 5.82 Å². The smallest absolute Gasteiger partial charge is 0.310 e. The van der Waals surface area contributed by atoms with Gasteiger partial charge in [-0.2, -0.15) is 5.10 Å². The number of carbonyl (C=O) groups excluding carboxylic acids is 1. The highest BCUT2D eigenvalue weighted by Crippen LogP contribution is 2.48. The molecule has 2 aliphatic rings. The summed E-state index contributed by atoms with van der Waals surface area (Å²) in [5.74, 6) is 0.892. The van der Waals surface area contributed by atoms with Gasteiger partial charge in [-0.1, -0.05) is 42.7 Å². The fraction of sp³-hybridized carbons (Fsp3) is 0.382. The van der Waals surface area contributed by atoms with Gasteiger partial charge in [0.05, 0.1) is 28.8 Å². The van der Waals surface area contributed by atoms with Crippen molar-refractivity contribution in [1.82, 2.24) is 14.8 Å². The van der Waals surface area contributed by atoms with Gasteiger partial charge < -0.3 is 9.64 Å². The fourth-order valence-electron chi connectivity index (χ4n) is 6.94. The molecule has 41 heavy (non-hydrogen) atoms. The maximum absolute atomic E-state index is 12.6. The summed E-state index contributed by atoms with van der Waals surface area (Å²) in [6, 6.07) is 17.3. The third-order valence-electron chi connectivity index (χ3n) is 9.07. The van der Waals surface area contributed by atoms with Crippen LogP contribution in [0.3, 0.4) is 0 Å². The van der Waals surface area contributed by atoms with Crippen LogP contribution in [0.25, 0.3) is 42.8 Å². The van der Waals surface area contributed by atoms with E-state index >= 15 is 0 Å². The molecule has 1 aliphatic heterocycles. The van der Waals surface area contributed by atoms with E-state index in [4.69, 9.17) is 14.8 Å². The molecule has 7 rings (SSSR count). The van der Waals surface area contributed by atoms with Crippen molar-refractivity contribution in [2.45, 2.75) is 52.9 Å². The Labute approximate surface area is 245 Å². The number of aromatic nitrogens is 3. The highest BCUT2D eigenvalue weighted by molar-refractivity contribution is 7.22. The van der Waals surface area contributed by atoms with E-state index in [2.05, 4.69) is 67.3 Å². The van der Waals surface area contributed by atoms with Crippen molar-refractivity contribution in [1.29, 1.82) is 0 Å². The number of aryl methyl sites for hydroxylation is 3. The van der Waals surface area contributed by atoms with Crippen LogP contribution in [-0.2, 0) is 23.0 Å². The summed E-state index contributed by atoms with van der Waals surface area (Å²) in [6.45, 7) is 8.63. The first-order valence-corrected chi connectivity index (χ1v) is 15.5. The number of hydrogen-bond donors (Lipinski definition) is 0. The Balaban J connectivity index is 1.33. The van der Waals surface area contributed by atoms with Gasteiger partial charge in [0.2, 0.25) is 0 Å². The Morgan fingerprint density at radius 1 is 1.02 bits per heavy atom. The zero-order chi connectivity index (χ0) is 28.3. The van der Waals surface area contributed by atoms with Crippen LogP contribution in [0.1, 0.15) is 49.3 Å². The van der Waals surface area contributed by atoms with Crippen molar-refractivity contribution in [2.75, 3.05) is 24.6 Å². The molecule has 0 unspecified atom stereocenters. The Bertz CT molecular complexity index is 1790. The van der Waals surface area contributed by atoms with E-state index in [0.29, 0.717) is 12.0 Å². The maximum Gasteiger partial charge on any atom is 0.310 e. The standard InChI is InChI=1S/C34H36N4O2S/c1-5-40-29(39)18-25-22(3)16-27-31(30(25)23-10-8-21(2)9-11-23)41-33(35-27)24-12-13-28-26(17-24)32(36-37(28)4)38-19-34(20-38)14-6-7-15-34/h8-13,16-17H,5-7,14-15,18-20H2,1-4H3. The number of carbonyl (C=O) groups is 1. The zero-order valence-electron chi connectivity index (χ0n) is 24.3. The summed E-state index contributed by atoms with van der Waals surface area (Å²) in [5.41, 5.74) is 9.18. The summed E-state index contributed by atoms with van der Waals surface area (Å²) in [4.78, 5) is 20.3. The lowest BCUT2D eigenvalue weighted by atomic mass is 9.78. The van der Waals surface area contributed by atoms with E-state index in [9.17, 15) is 4.79 Å². The molecule has 0 atom stereocenters. The molecule has 5 aromatic rings. The molecule has 2 aromatic heterocycles. The zero-order valence-corrected chi connectivity index (χ0v) is 25.1. The molecule has 0 N–H and O–H groups in total. The Morgan fingerprint density at radius 2 is 1.76 bits per heavy atom. The molecule has 1 saturated heterocycles. The lowest BCUT2D eigenvalue weighted by Gasteiger charge is -2.48. The Hall–Kier alpha value is -3.71. The van der Waals surface area contributed by atoms with Crippen molar-refractivity contribution in [3.8, 4) is 21.7 Å². The molecule has 3 aromatic carbocycles. The number of anilines is 1. The molecular formula is C34H36N4O2S. The Kier molecular flexibility index (Phi) is 6.38. The predicted octanol–water partition coefficient (Wildman–Crippen LogP) is 7.62. The average molecular weight is 565 g/mol. The van der Waals surface area contributed by atoms with Gasteiger partial charge in [-0.25, -0.2) is 4.98 Å². The van der Waals surface area contributed by atoms with Gasteiger partial charge in [0.1, 0.15) is 5.01 Å². The van der Waals surface area contributed by atoms with Gasteiger partial charge in [0, 0.05) is 42.1 Å². The van der Waals surface area contributed by atoms with Crippen LogP contribution in [0.15, 0.2) is 48.5 Å². The van der Waals surface area contributed by atoms with E-state index < -0.39 is 0 Å². The second-order valence-electron chi connectivity index (χ2n) is 12.0. The first kappa shape index (κ1) is 26.2. The molecule has 7 heteroatoms. The minimum atomic E-state index is -0.201. The number of hydrogen-bond acceptors (Lipinski definition) is 6. The van der Waals surface area contributed by atoms with Crippen molar-refractivity contribution >= 4 is 44.2 Å². The summed E-state index contributed by atoms with van der Waals surface area (Å²) >= 11 is 1.70. The summed E-state index contributed by atoms with van der Waals surface area (Å²) in [7, 11) is 2.04. The van der Waals surface area contributed by atoms with Crippen LogP contribution in [0.4, 0.5) is 5.82 Å². The summed E-state index contributed by atoms with van der Waals surface area (Å²) in [6.07, 6.45) is 5.68. The number of benzene rings is 3. The van der Waals surface area contributed by atoms with Gasteiger partial charge in [0.25, 0.3) is 0 Å². The minimum absolute atomic E-state index is 0.201. The van der Waals surface area contributed by atoms with Crippen molar-refractivity contribution in [3.63, 3.8) is 0 Å². The van der Waals surface area contributed by atoms with Gasteiger partial charge in [-0.3, -0.25) is 9.48 Å². The monoisotopic (exact) mass is 564 g/mol. The maximum atomic E-state index is 12.6. The normalized spacial score (nSPS) is 16.1.